The smallest absolute Gasteiger partial charge is 0.290 e. The maximum atomic E-state index is 13.5. The predicted octanol–water partition coefficient (Wildman–Crippen LogP) is 3.61. The van der Waals surface area contributed by atoms with Gasteiger partial charge in [0.1, 0.15) is 12.1 Å². The van der Waals surface area contributed by atoms with Crippen molar-refractivity contribution in [1.29, 1.82) is 0 Å². The van der Waals surface area contributed by atoms with E-state index < -0.39 is 18.0 Å². The summed E-state index contributed by atoms with van der Waals surface area (Å²) in [5, 5.41) is 12.2. The number of hydrogen-bond acceptors (Lipinski definition) is 7. The van der Waals surface area contributed by atoms with E-state index in [1.54, 1.807) is 20.3 Å². The number of carbonyl (C=O) groups excluding carboxylic acids is 3. The average molecular weight is 529 g/mol. The molecule has 1 aliphatic rings. The molecule has 10 heteroatoms. The van der Waals surface area contributed by atoms with E-state index >= 15 is 0 Å². The van der Waals surface area contributed by atoms with Crippen molar-refractivity contribution in [1.82, 2.24) is 21.1 Å². The molecule has 208 valence electrons. The number of ether oxygens (including phenoxy) is 2. The third kappa shape index (κ3) is 7.72. The summed E-state index contributed by atoms with van der Waals surface area (Å²) < 4.78 is 15.8. The highest BCUT2D eigenvalue weighted by molar-refractivity contribution is 5.96. The first-order valence-corrected chi connectivity index (χ1v) is 13.4. The fourth-order valence-corrected chi connectivity index (χ4v) is 4.89. The highest BCUT2D eigenvalue weighted by Gasteiger charge is 2.32. The molecule has 0 radical (unpaired) electrons. The van der Waals surface area contributed by atoms with Crippen LogP contribution in [0.25, 0.3) is 0 Å². The summed E-state index contributed by atoms with van der Waals surface area (Å²) in [6.45, 7) is 4.09. The Morgan fingerprint density at radius 1 is 1.05 bits per heavy atom. The number of amides is 3. The van der Waals surface area contributed by atoms with Crippen LogP contribution in [-0.2, 0) is 16.1 Å². The Hall–Kier alpha value is -3.56. The number of benzene rings is 1. The van der Waals surface area contributed by atoms with Crippen molar-refractivity contribution in [2.75, 3.05) is 14.2 Å². The third-order valence-corrected chi connectivity index (χ3v) is 7.31. The first kappa shape index (κ1) is 29.0. The molecule has 0 aliphatic heterocycles. The normalized spacial score (nSPS) is 16.1. The first-order chi connectivity index (χ1) is 18.4. The lowest BCUT2D eigenvalue weighted by atomic mass is 9.84. The molecule has 0 unspecified atom stereocenters. The van der Waals surface area contributed by atoms with Gasteiger partial charge >= 0.3 is 0 Å². The lowest BCUT2D eigenvalue weighted by molar-refractivity contribution is -0.131. The van der Waals surface area contributed by atoms with Gasteiger partial charge in [-0.25, -0.2) is 0 Å². The van der Waals surface area contributed by atoms with Gasteiger partial charge in [-0.1, -0.05) is 69.7 Å². The summed E-state index contributed by atoms with van der Waals surface area (Å²) in [6, 6.07) is 5.33. The molecular weight excluding hydrogens is 488 g/mol. The number of aromatic nitrogens is 1. The Morgan fingerprint density at radius 3 is 2.45 bits per heavy atom. The molecule has 3 N–H and O–H groups in total. The van der Waals surface area contributed by atoms with Crippen molar-refractivity contribution in [3.8, 4) is 11.5 Å². The Kier molecular flexibility index (Phi) is 11.0. The van der Waals surface area contributed by atoms with Gasteiger partial charge in [-0.15, -0.1) is 0 Å². The Balaban J connectivity index is 1.72. The van der Waals surface area contributed by atoms with Gasteiger partial charge in [0, 0.05) is 18.2 Å². The van der Waals surface area contributed by atoms with Crippen LogP contribution in [0.4, 0.5) is 0 Å². The highest BCUT2D eigenvalue weighted by Crippen LogP contribution is 2.30. The zero-order valence-corrected chi connectivity index (χ0v) is 22.7. The molecule has 1 heterocycles. The molecule has 1 fully saturated rings. The van der Waals surface area contributed by atoms with Gasteiger partial charge < -0.3 is 29.9 Å². The Labute approximate surface area is 224 Å². The first-order valence-electron chi connectivity index (χ1n) is 13.4. The lowest BCUT2D eigenvalue weighted by Gasteiger charge is -2.29. The Morgan fingerprint density at radius 2 is 1.82 bits per heavy atom. The van der Waals surface area contributed by atoms with Crippen molar-refractivity contribution < 1.29 is 28.4 Å². The topological polar surface area (TPSA) is 132 Å². The number of carbonyl (C=O) groups is 3. The van der Waals surface area contributed by atoms with Crippen LogP contribution in [0.3, 0.4) is 0 Å². The maximum Gasteiger partial charge on any atom is 0.290 e. The summed E-state index contributed by atoms with van der Waals surface area (Å²) in [6.07, 6.45) is 8.00. The van der Waals surface area contributed by atoms with Crippen molar-refractivity contribution in [2.45, 2.75) is 77.4 Å². The highest BCUT2D eigenvalue weighted by atomic mass is 16.5. The molecule has 3 atom stereocenters. The molecule has 10 nitrogen and oxygen atoms in total. The van der Waals surface area contributed by atoms with Crippen LogP contribution in [0.15, 0.2) is 35.0 Å². The van der Waals surface area contributed by atoms with E-state index in [1.165, 1.54) is 18.7 Å². The van der Waals surface area contributed by atoms with Crippen molar-refractivity contribution in [2.24, 2.45) is 11.8 Å². The predicted molar refractivity (Wildman–Crippen MR) is 142 cm³/mol. The number of nitrogens with zero attached hydrogens (tertiary/aromatic N) is 1. The quantitative estimate of drug-likeness (QED) is 0.362. The molecule has 1 aromatic heterocycles. The number of nitrogens with one attached hydrogen (secondary N) is 3. The fraction of sp³-hybridized carbons (Fsp3) is 0.571. The standard InChI is InChI=1S/C28H40N4O6/c1-5-18(2)24(28(35)29-17-20-12-9-13-22(36-3)25(20)37-4)32-26(33)21(16-19-10-7-6-8-11-19)31-27(34)23-14-15-30-38-23/h9,12-15,18-19,21,24H,5-8,10-11,16-17H2,1-4H3,(H,29,35)(H,31,34)(H,32,33)/t18-,21-,24-/m0/s1. The summed E-state index contributed by atoms with van der Waals surface area (Å²) in [4.78, 5) is 39.6. The van der Waals surface area contributed by atoms with Gasteiger partial charge in [-0.2, -0.15) is 0 Å². The number of rotatable bonds is 13. The molecule has 3 rings (SSSR count). The zero-order valence-electron chi connectivity index (χ0n) is 22.7. The van der Waals surface area contributed by atoms with Gasteiger partial charge in [0.2, 0.25) is 17.6 Å². The number of para-hydroxylation sites is 1. The second kappa shape index (κ2) is 14.4. The van der Waals surface area contributed by atoms with E-state index in [0.717, 1.165) is 31.2 Å². The minimum Gasteiger partial charge on any atom is -0.493 e. The van der Waals surface area contributed by atoms with E-state index in [1.807, 2.05) is 26.0 Å². The zero-order chi connectivity index (χ0) is 27.5. The minimum atomic E-state index is -0.798. The van der Waals surface area contributed by atoms with Crippen LogP contribution >= 0.6 is 0 Å². The molecule has 0 saturated heterocycles. The average Bonchev–Trinajstić information content (AvgIpc) is 3.49. The molecular formula is C28H40N4O6. The summed E-state index contributed by atoms with van der Waals surface area (Å²) in [7, 11) is 3.10. The Bertz CT molecular complexity index is 1050. The lowest BCUT2D eigenvalue weighted by Crippen LogP contribution is -2.56. The second-order valence-corrected chi connectivity index (χ2v) is 9.88. The van der Waals surface area contributed by atoms with Crippen LogP contribution in [0.1, 0.15) is 74.9 Å². The molecule has 3 amide bonds. The largest absolute Gasteiger partial charge is 0.493 e. The molecule has 38 heavy (non-hydrogen) atoms. The second-order valence-electron chi connectivity index (χ2n) is 9.88. The van der Waals surface area contributed by atoms with E-state index in [0.29, 0.717) is 30.3 Å². The van der Waals surface area contributed by atoms with Crippen LogP contribution < -0.4 is 25.4 Å². The molecule has 1 aromatic carbocycles. The van der Waals surface area contributed by atoms with Crippen LogP contribution in [0, 0.1) is 11.8 Å². The number of hydrogen-bond donors (Lipinski definition) is 3. The summed E-state index contributed by atoms with van der Waals surface area (Å²) >= 11 is 0. The maximum absolute atomic E-state index is 13.5. The van der Waals surface area contributed by atoms with E-state index in [4.69, 9.17) is 14.0 Å². The molecule has 0 spiro atoms. The van der Waals surface area contributed by atoms with Gasteiger partial charge in [0.15, 0.2) is 11.5 Å². The summed E-state index contributed by atoms with van der Waals surface area (Å²) in [5.74, 6) is 0.139. The molecule has 1 aliphatic carbocycles. The van der Waals surface area contributed by atoms with Gasteiger partial charge in [-0.05, 0) is 24.3 Å². The van der Waals surface area contributed by atoms with Crippen LogP contribution in [0.2, 0.25) is 0 Å². The van der Waals surface area contributed by atoms with Crippen LogP contribution in [-0.4, -0.2) is 49.2 Å². The van der Waals surface area contributed by atoms with Crippen molar-refractivity contribution in [3.05, 3.63) is 41.8 Å². The van der Waals surface area contributed by atoms with Crippen LogP contribution in [0.5, 0.6) is 11.5 Å². The van der Waals surface area contributed by atoms with Crippen molar-refractivity contribution in [3.63, 3.8) is 0 Å². The summed E-state index contributed by atoms with van der Waals surface area (Å²) in [5.41, 5.74) is 0.754. The van der Waals surface area contributed by atoms with E-state index in [-0.39, 0.29) is 30.0 Å². The van der Waals surface area contributed by atoms with E-state index in [9.17, 15) is 14.4 Å². The molecule has 1 saturated carbocycles. The fourth-order valence-electron chi connectivity index (χ4n) is 4.89. The SMILES string of the molecule is CC[C@H](C)[C@H](NC(=O)[C@H](CC1CCCCC1)NC(=O)c1ccno1)C(=O)NCc1cccc(OC)c1OC. The van der Waals surface area contributed by atoms with Gasteiger partial charge in [0.25, 0.3) is 5.91 Å². The molecule has 2 aromatic rings. The molecule has 0 bridgehead atoms. The van der Waals surface area contributed by atoms with Gasteiger partial charge in [-0.3, -0.25) is 14.4 Å². The monoisotopic (exact) mass is 528 g/mol. The van der Waals surface area contributed by atoms with Gasteiger partial charge in [0.05, 0.1) is 20.4 Å². The van der Waals surface area contributed by atoms with E-state index in [2.05, 4.69) is 21.1 Å². The number of methoxy groups -OCH3 is 2. The van der Waals surface area contributed by atoms with Crippen molar-refractivity contribution >= 4 is 17.7 Å². The minimum absolute atomic E-state index is 0.0369. The third-order valence-electron chi connectivity index (χ3n) is 7.31.